The van der Waals surface area contributed by atoms with Gasteiger partial charge in [0.1, 0.15) is 0 Å². The summed E-state index contributed by atoms with van der Waals surface area (Å²) in [5, 5.41) is 4.58. The Kier molecular flexibility index (Phi) is 3.79. The summed E-state index contributed by atoms with van der Waals surface area (Å²) in [5.74, 6) is 0. The van der Waals surface area contributed by atoms with Gasteiger partial charge in [0.05, 0.1) is 22.9 Å². The van der Waals surface area contributed by atoms with E-state index in [1.54, 1.807) is 0 Å². The third-order valence-electron chi connectivity index (χ3n) is 4.26. The van der Waals surface area contributed by atoms with Gasteiger partial charge < -0.3 is 15.0 Å². The van der Waals surface area contributed by atoms with Crippen molar-refractivity contribution in [1.29, 1.82) is 0 Å². The van der Waals surface area contributed by atoms with E-state index in [1.807, 2.05) is 18.4 Å². The third-order valence-corrected chi connectivity index (χ3v) is 5.45. The standard InChI is InChI=1S/C16H27N3OS/c1-15(2)9-19(10-16(3,4)20-15)14-18-13-11(17-5)7-6-8-12(13)21-14/h11,17H,6-10H2,1-5H3. The first kappa shape index (κ1) is 15.3. The molecule has 1 unspecified atom stereocenters. The molecule has 21 heavy (non-hydrogen) atoms. The van der Waals surface area contributed by atoms with Gasteiger partial charge in [-0.1, -0.05) is 0 Å². The van der Waals surface area contributed by atoms with Gasteiger partial charge in [0.15, 0.2) is 5.13 Å². The fraction of sp³-hybridized carbons (Fsp3) is 0.812. The van der Waals surface area contributed by atoms with E-state index in [2.05, 4.69) is 37.9 Å². The first-order valence-electron chi connectivity index (χ1n) is 7.92. The van der Waals surface area contributed by atoms with E-state index < -0.39 is 0 Å². The molecule has 2 aliphatic rings. The van der Waals surface area contributed by atoms with Gasteiger partial charge in [-0.25, -0.2) is 4.98 Å². The van der Waals surface area contributed by atoms with Crippen molar-refractivity contribution in [3.63, 3.8) is 0 Å². The van der Waals surface area contributed by atoms with Crippen molar-refractivity contribution in [2.75, 3.05) is 25.0 Å². The molecule has 118 valence electrons. The van der Waals surface area contributed by atoms with Crippen molar-refractivity contribution in [1.82, 2.24) is 10.3 Å². The normalized spacial score (nSPS) is 27.5. The zero-order valence-corrected chi connectivity index (χ0v) is 14.6. The average molecular weight is 309 g/mol. The molecule has 4 nitrogen and oxygen atoms in total. The number of aryl methyl sites for hydroxylation is 1. The van der Waals surface area contributed by atoms with Crippen molar-refractivity contribution < 1.29 is 4.74 Å². The maximum absolute atomic E-state index is 6.18. The molecule has 1 atom stereocenters. The summed E-state index contributed by atoms with van der Waals surface area (Å²) in [6.45, 7) is 10.5. The van der Waals surface area contributed by atoms with Gasteiger partial charge in [-0.3, -0.25) is 0 Å². The zero-order valence-electron chi connectivity index (χ0n) is 13.8. The van der Waals surface area contributed by atoms with Crippen LogP contribution in [0, 0.1) is 0 Å². The van der Waals surface area contributed by atoms with E-state index in [4.69, 9.17) is 9.72 Å². The Labute approximate surface area is 131 Å². The van der Waals surface area contributed by atoms with Crippen molar-refractivity contribution in [2.45, 2.75) is 64.2 Å². The van der Waals surface area contributed by atoms with E-state index >= 15 is 0 Å². The Morgan fingerprint density at radius 1 is 1.24 bits per heavy atom. The van der Waals surface area contributed by atoms with Gasteiger partial charge in [-0.2, -0.15) is 0 Å². The highest BCUT2D eigenvalue weighted by atomic mass is 32.1. The van der Waals surface area contributed by atoms with Crippen LogP contribution < -0.4 is 10.2 Å². The summed E-state index contributed by atoms with van der Waals surface area (Å²) >= 11 is 1.88. The summed E-state index contributed by atoms with van der Waals surface area (Å²) < 4.78 is 6.18. The number of hydrogen-bond acceptors (Lipinski definition) is 5. The molecule has 1 aliphatic heterocycles. The number of thiazole rings is 1. The molecule has 5 heteroatoms. The summed E-state index contributed by atoms with van der Waals surface area (Å²) in [6.07, 6.45) is 3.65. The van der Waals surface area contributed by atoms with Gasteiger partial charge in [-0.15, -0.1) is 11.3 Å². The lowest BCUT2D eigenvalue weighted by molar-refractivity contribution is -0.133. The Balaban J connectivity index is 1.89. The molecule has 0 spiro atoms. The largest absolute Gasteiger partial charge is 0.366 e. The second-order valence-electron chi connectivity index (χ2n) is 7.52. The van der Waals surface area contributed by atoms with Gasteiger partial charge in [0, 0.05) is 18.0 Å². The van der Waals surface area contributed by atoms with Crippen LogP contribution in [0.4, 0.5) is 5.13 Å². The predicted molar refractivity (Wildman–Crippen MR) is 88.3 cm³/mol. The molecular formula is C16H27N3OS. The van der Waals surface area contributed by atoms with Crippen LogP contribution in [0.5, 0.6) is 0 Å². The molecule has 2 heterocycles. The molecule has 0 saturated carbocycles. The number of morpholine rings is 1. The number of nitrogens with one attached hydrogen (secondary N) is 1. The molecule has 0 aromatic carbocycles. The molecule has 1 N–H and O–H groups in total. The first-order chi connectivity index (χ1) is 9.80. The quantitative estimate of drug-likeness (QED) is 0.911. The Morgan fingerprint density at radius 3 is 2.52 bits per heavy atom. The van der Waals surface area contributed by atoms with E-state index in [0.29, 0.717) is 6.04 Å². The number of aromatic nitrogens is 1. The maximum Gasteiger partial charge on any atom is 0.186 e. The van der Waals surface area contributed by atoms with Crippen LogP contribution in [-0.2, 0) is 11.2 Å². The molecule has 1 saturated heterocycles. The average Bonchev–Trinajstić information content (AvgIpc) is 2.78. The lowest BCUT2D eigenvalue weighted by Crippen LogP contribution is -2.57. The molecule has 1 aliphatic carbocycles. The third kappa shape index (κ3) is 3.10. The lowest BCUT2D eigenvalue weighted by atomic mass is 9.98. The smallest absolute Gasteiger partial charge is 0.186 e. The van der Waals surface area contributed by atoms with E-state index in [0.717, 1.165) is 13.1 Å². The van der Waals surface area contributed by atoms with Crippen LogP contribution in [0.25, 0.3) is 0 Å². The second kappa shape index (κ2) is 5.21. The van der Waals surface area contributed by atoms with Gasteiger partial charge in [0.2, 0.25) is 0 Å². The van der Waals surface area contributed by atoms with Crippen molar-refractivity contribution in [3.05, 3.63) is 10.6 Å². The van der Waals surface area contributed by atoms with Gasteiger partial charge in [-0.05, 0) is 54.0 Å². The maximum atomic E-state index is 6.18. The van der Waals surface area contributed by atoms with E-state index in [1.165, 1.54) is 35.0 Å². The van der Waals surface area contributed by atoms with Crippen molar-refractivity contribution in [3.8, 4) is 0 Å². The van der Waals surface area contributed by atoms with Crippen LogP contribution >= 0.6 is 11.3 Å². The highest BCUT2D eigenvalue weighted by Gasteiger charge is 2.39. The second-order valence-corrected chi connectivity index (χ2v) is 8.58. The van der Waals surface area contributed by atoms with Gasteiger partial charge >= 0.3 is 0 Å². The molecule has 0 bridgehead atoms. The van der Waals surface area contributed by atoms with E-state index in [-0.39, 0.29) is 11.2 Å². The molecule has 0 radical (unpaired) electrons. The molecule has 0 amide bonds. The fourth-order valence-electron chi connectivity index (χ4n) is 3.74. The Bertz CT molecular complexity index is 508. The van der Waals surface area contributed by atoms with E-state index in [9.17, 15) is 0 Å². The van der Waals surface area contributed by atoms with Crippen LogP contribution in [0.2, 0.25) is 0 Å². The van der Waals surface area contributed by atoms with Crippen LogP contribution in [0.3, 0.4) is 0 Å². The fourth-order valence-corrected chi connectivity index (χ4v) is 4.91. The summed E-state index contributed by atoms with van der Waals surface area (Å²) in [6, 6.07) is 0.431. The summed E-state index contributed by atoms with van der Waals surface area (Å²) in [5.41, 5.74) is 1.03. The zero-order chi connectivity index (χ0) is 15.3. The number of hydrogen-bond donors (Lipinski definition) is 1. The number of ether oxygens (including phenoxy) is 1. The molecule has 3 rings (SSSR count). The lowest BCUT2D eigenvalue weighted by Gasteiger charge is -2.47. The minimum atomic E-state index is -0.129. The highest BCUT2D eigenvalue weighted by Crippen LogP contribution is 2.39. The van der Waals surface area contributed by atoms with Crippen LogP contribution in [0.15, 0.2) is 0 Å². The van der Waals surface area contributed by atoms with Crippen molar-refractivity contribution >= 4 is 16.5 Å². The van der Waals surface area contributed by atoms with Crippen LogP contribution in [-0.4, -0.2) is 36.3 Å². The highest BCUT2D eigenvalue weighted by molar-refractivity contribution is 7.15. The minimum absolute atomic E-state index is 0.129. The van der Waals surface area contributed by atoms with Crippen molar-refractivity contribution in [2.24, 2.45) is 0 Å². The Hall–Kier alpha value is -0.650. The number of fused-ring (bicyclic) bond motifs is 1. The summed E-state index contributed by atoms with van der Waals surface area (Å²) in [7, 11) is 2.04. The van der Waals surface area contributed by atoms with Gasteiger partial charge in [0.25, 0.3) is 0 Å². The number of rotatable bonds is 2. The molecule has 1 aromatic heterocycles. The Morgan fingerprint density at radius 2 is 1.90 bits per heavy atom. The SMILES string of the molecule is CNC1CCCc2sc(N3CC(C)(C)OC(C)(C)C3)nc21. The monoisotopic (exact) mass is 309 g/mol. The first-order valence-corrected chi connectivity index (χ1v) is 8.73. The topological polar surface area (TPSA) is 37.4 Å². The number of anilines is 1. The molecule has 1 aromatic rings. The molecular weight excluding hydrogens is 282 g/mol. The van der Waals surface area contributed by atoms with Crippen LogP contribution in [0.1, 0.15) is 57.1 Å². The molecule has 1 fully saturated rings. The predicted octanol–water partition coefficient (Wildman–Crippen LogP) is 3.13. The minimum Gasteiger partial charge on any atom is -0.366 e. The number of nitrogens with zero attached hydrogens (tertiary/aromatic N) is 2. The summed E-state index contributed by atoms with van der Waals surface area (Å²) in [4.78, 5) is 8.87.